The van der Waals surface area contributed by atoms with Crippen LogP contribution in [-0.2, 0) is 17.9 Å². The number of nitrogens with zero attached hydrogens (tertiary/aromatic N) is 2. The summed E-state index contributed by atoms with van der Waals surface area (Å²) in [7, 11) is 1.50. The molecule has 7 heteroatoms. The second-order valence-electron chi connectivity index (χ2n) is 4.00. The molecule has 2 aromatic rings. The average molecular weight is 299 g/mol. The molecule has 0 aliphatic rings. The molecule has 0 N–H and O–H groups in total. The molecule has 0 saturated heterocycles. The molecular formula is C13H15ClN2O4. The van der Waals surface area contributed by atoms with Gasteiger partial charge in [0, 0.05) is 17.7 Å². The zero-order valence-corrected chi connectivity index (χ0v) is 12.0. The molecule has 20 heavy (non-hydrogen) atoms. The summed E-state index contributed by atoms with van der Waals surface area (Å²) in [4.78, 5) is 11.7. The number of benzene rings is 1. The lowest BCUT2D eigenvalue weighted by Crippen LogP contribution is -2.17. The van der Waals surface area contributed by atoms with Crippen molar-refractivity contribution < 1.29 is 13.9 Å². The average Bonchev–Trinajstić information content (AvgIpc) is 2.75. The van der Waals surface area contributed by atoms with E-state index in [0.29, 0.717) is 22.9 Å². The van der Waals surface area contributed by atoms with Gasteiger partial charge in [0.05, 0.1) is 13.2 Å². The Kier molecular flexibility index (Phi) is 4.81. The predicted molar refractivity (Wildman–Crippen MR) is 73.2 cm³/mol. The summed E-state index contributed by atoms with van der Waals surface area (Å²) in [6.45, 7) is 2.71. The van der Waals surface area contributed by atoms with Gasteiger partial charge in [-0.1, -0.05) is 17.7 Å². The van der Waals surface area contributed by atoms with Gasteiger partial charge in [-0.2, -0.15) is 4.68 Å². The van der Waals surface area contributed by atoms with Gasteiger partial charge in [0.15, 0.2) is 0 Å². The minimum Gasteiger partial charge on any atom is -0.493 e. The Morgan fingerprint density at radius 1 is 1.45 bits per heavy atom. The molecular weight excluding hydrogens is 284 g/mol. The normalized spacial score (nSPS) is 10.8. The fourth-order valence-corrected chi connectivity index (χ4v) is 1.99. The number of rotatable bonds is 6. The Balaban J connectivity index is 2.32. The van der Waals surface area contributed by atoms with Gasteiger partial charge in [0.1, 0.15) is 12.4 Å². The molecule has 0 unspecified atom stereocenters. The van der Waals surface area contributed by atoms with E-state index in [1.54, 1.807) is 18.2 Å². The minimum atomic E-state index is -0.556. The van der Waals surface area contributed by atoms with Crippen molar-refractivity contribution in [1.82, 2.24) is 9.78 Å². The Hall–Kier alpha value is -1.79. The molecule has 0 saturated carbocycles. The van der Waals surface area contributed by atoms with Gasteiger partial charge in [-0.25, -0.2) is 4.79 Å². The Bertz CT molecular complexity index is 636. The van der Waals surface area contributed by atoms with Crippen LogP contribution >= 0.6 is 11.6 Å². The van der Waals surface area contributed by atoms with Gasteiger partial charge in [-0.15, -0.1) is 5.10 Å². The first-order valence-electron chi connectivity index (χ1n) is 6.11. The highest BCUT2D eigenvalue weighted by molar-refractivity contribution is 6.31. The molecule has 0 aliphatic carbocycles. The van der Waals surface area contributed by atoms with Crippen LogP contribution in [0.3, 0.4) is 0 Å². The topological polar surface area (TPSA) is 66.5 Å². The monoisotopic (exact) mass is 298 g/mol. The number of halogens is 1. The van der Waals surface area contributed by atoms with Crippen LogP contribution in [0.5, 0.6) is 5.75 Å². The van der Waals surface area contributed by atoms with E-state index < -0.39 is 5.76 Å². The van der Waals surface area contributed by atoms with E-state index in [1.165, 1.54) is 11.8 Å². The van der Waals surface area contributed by atoms with Crippen LogP contribution in [0, 0.1) is 0 Å². The summed E-state index contributed by atoms with van der Waals surface area (Å²) in [5, 5.41) is 4.55. The third-order valence-electron chi connectivity index (χ3n) is 2.60. The van der Waals surface area contributed by atoms with Crippen LogP contribution < -0.4 is 10.5 Å². The molecule has 0 aliphatic heterocycles. The van der Waals surface area contributed by atoms with E-state index in [0.717, 1.165) is 0 Å². The van der Waals surface area contributed by atoms with Crippen molar-refractivity contribution in [2.45, 2.75) is 20.1 Å². The highest BCUT2D eigenvalue weighted by Gasteiger charge is 2.13. The van der Waals surface area contributed by atoms with Crippen molar-refractivity contribution in [2.75, 3.05) is 13.7 Å². The van der Waals surface area contributed by atoms with Gasteiger partial charge in [-0.05, 0) is 19.1 Å². The molecule has 0 fully saturated rings. The van der Waals surface area contributed by atoms with E-state index in [9.17, 15) is 4.79 Å². The first-order chi connectivity index (χ1) is 9.65. The summed E-state index contributed by atoms with van der Waals surface area (Å²) >= 11 is 6.16. The first-order valence-corrected chi connectivity index (χ1v) is 6.49. The van der Waals surface area contributed by atoms with Crippen LogP contribution in [-0.4, -0.2) is 23.5 Å². The van der Waals surface area contributed by atoms with Gasteiger partial charge in [-0.3, -0.25) is 0 Å². The Morgan fingerprint density at radius 2 is 2.25 bits per heavy atom. The van der Waals surface area contributed by atoms with Gasteiger partial charge in [0.25, 0.3) is 0 Å². The van der Waals surface area contributed by atoms with E-state index in [1.807, 2.05) is 6.92 Å². The molecule has 6 nitrogen and oxygen atoms in total. The molecule has 0 spiro atoms. The molecule has 0 amide bonds. The molecule has 0 atom stereocenters. The third-order valence-corrected chi connectivity index (χ3v) is 2.95. The van der Waals surface area contributed by atoms with Crippen molar-refractivity contribution in [2.24, 2.45) is 0 Å². The van der Waals surface area contributed by atoms with Crippen molar-refractivity contribution in [3.05, 3.63) is 45.2 Å². The fourth-order valence-electron chi connectivity index (χ4n) is 1.76. The van der Waals surface area contributed by atoms with Crippen LogP contribution in [0.2, 0.25) is 5.02 Å². The maximum Gasteiger partial charge on any atom is 0.437 e. The fraction of sp³-hybridized carbons (Fsp3) is 0.385. The van der Waals surface area contributed by atoms with Crippen molar-refractivity contribution >= 4 is 11.6 Å². The van der Waals surface area contributed by atoms with Crippen LogP contribution in [0.4, 0.5) is 0 Å². The number of hydrogen-bond acceptors (Lipinski definition) is 5. The van der Waals surface area contributed by atoms with E-state index in [2.05, 4.69) is 5.10 Å². The number of hydrogen-bond donors (Lipinski definition) is 0. The molecule has 2 rings (SSSR count). The van der Waals surface area contributed by atoms with Crippen LogP contribution in [0.1, 0.15) is 18.4 Å². The second-order valence-corrected chi connectivity index (χ2v) is 4.41. The quantitative estimate of drug-likeness (QED) is 0.817. The van der Waals surface area contributed by atoms with Gasteiger partial charge in [0.2, 0.25) is 5.89 Å². The Labute approximate surface area is 120 Å². The highest BCUT2D eigenvalue weighted by Crippen LogP contribution is 2.26. The maximum atomic E-state index is 11.7. The molecule has 0 radical (unpaired) electrons. The maximum absolute atomic E-state index is 11.7. The first kappa shape index (κ1) is 14.6. The minimum absolute atomic E-state index is 0.142. The number of ether oxygens (including phenoxy) is 2. The van der Waals surface area contributed by atoms with E-state index in [4.69, 9.17) is 25.5 Å². The summed E-state index contributed by atoms with van der Waals surface area (Å²) in [5.41, 5.74) is 0.690. The molecule has 1 heterocycles. The van der Waals surface area contributed by atoms with Gasteiger partial charge < -0.3 is 13.9 Å². The van der Waals surface area contributed by atoms with E-state index >= 15 is 0 Å². The third kappa shape index (κ3) is 3.20. The molecule has 1 aromatic heterocycles. The molecule has 1 aromatic carbocycles. The van der Waals surface area contributed by atoms with Crippen molar-refractivity contribution in [1.29, 1.82) is 0 Å². The smallest absolute Gasteiger partial charge is 0.437 e. The molecule has 0 bridgehead atoms. The summed E-state index contributed by atoms with van der Waals surface area (Å²) < 4.78 is 16.5. The SMILES string of the molecule is CCOc1cccc(Cl)c1Cn1nc(COC)oc1=O. The second kappa shape index (κ2) is 6.58. The summed E-state index contributed by atoms with van der Waals surface area (Å²) in [6, 6.07) is 5.32. The van der Waals surface area contributed by atoms with Crippen molar-refractivity contribution in [3.8, 4) is 5.75 Å². The summed E-state index contributed by atoms with van der Waals surface area (Å²) in [5.74, 6) is 0.296. The lowest BCUT2D eigenvalue weighted by atomic mass is 10.2. The van der Waals surface area contributed by atoms with Crippen LogP contribution in [0.15, 0.2) is 27.4 Å². The number of aromatic nitrogens is 2. The van der Waals surface area contributed by atoms with Crippen molar-refractivity contribution in [3.63, 3.8) is 0 Å². The largest absolute Gasteiger partial charge is 0.493 e. The summed E-state index contributed by atoms with van der Waals surface area (Å²) in [6.07, 6.45) is 0. The van der Waals surface area contributed by atoms with E-state index in [-0.39, 0.29) is 19.0 Å². The highest BCUT2D eigenvalue weighted by atomic mass is 35.5. The number of methoxy groups -OCH3 is 1. The zero-order valence-electron chi connectivity index (χ0n) is 11.3. The lowest BCUT2D eigenvalue weighted by molar-refractivity contribution is 0.158. The van der Waals surface area contributed by atoms with Crippen LogP contribution in [0.25, 0.3) is 0 Å². The predicted octanol–water partition coefficient (Wildman–Crippen LogP) is 2.08. The standard InChI is InChI=1S/C13H15ClN2O4/c1-3-19-11-6-4-5-10(14)9(11)7-16-13(17)20-12(15-16)8-18-2/h4-6H,3,7-8H2,1-2H3. The van der Waals surface area contributed by atoms with Gasteiger partial charge >= 0.3 is 5.76 Å². The molecule has 108 valence electrons. The zero-order chi connectivity index (χ0) is 14.5. The Morgan fingerprint density at radius 3 is 2.95 bits per heavy atom. The lowest BCUT2D eigenvalue weighted by Gasteiger charge is -2.10.